The standard InChI is InChI=1S/C16H24N2O/c17-13-15(14-9-5-4-6-10-14)16(19)18-11-7-2-1-3-8-12-18/h4-6,9-10,15H,1-3,7-8,11-13,17H2. The molecule has 0 spiro atoms. The van der Waals surface area contributed by atoms with Crippen LogP contribution in [-0.4, -0.2) is 30.4 Å². The van der Waals surface area contributed by atoms with E-state index in [0.717, 1.165) is 31.5 Å². The molecule has 1 unspecified atom stereocenters. The molecule has 1 saturated heterocycles. The largest absolute Gasteiger partial charge is 0.342 e. The van der Waals surface area contributed by atoms with Crippen LogP contribution in [0.15, 0.2) is 30.3 Å². The van der Waals surface area contributed by atoms with Crippen molar-refractivity contribution in [1.82, 2.24) is 4.90 Å². The van der Waals surface area contributed by atoms with E-state index in [2.05, 4.69) is 0 Å². The molecule has 2 N–H and O–H groups in total. The Morgan fingerprint density at radius 2 is 1.63 bits per heavy atom. The van der Waals surface area contributed by atoms with Gasteiger partial charge in [0.25, 0.3) is 0 Å². The predicted octanol–water partition coefficient (Wildman–Crippen LogP) is 2.52. The third kappa shape index (κ3) is 3.80. The Morgan fingerprint density at radius 1 is 1.05 bits per heavy atom. The van der Waals surface area contributed by atoms with Crippen LogP contribution in [-0.2, 0) is 4.79 Å². The van der Waals surface area contributed by atoms with Crippen LogP contribution < -0.4 is 5.73 Å². The number of amides is 1. The molecule has 2 rings (SSSR count). The highest BCUT2D eigenvalue weighted by Crippen LogP contribution is 2.19. The molecule has 1 aromatic rings. The van der Waals surface area contributed by atoms with Gasteiger partial charge >= 0.3 is 0 Å². The average Bonchev–Trinajstić information content (AvgIpc) is 2.40. The molecule has 0 aromatic heterocycles. The van der Waals surface area contributed by atoms with E-state index in [0.29, 0.717) is 6.54 Å². The lowest BCUT2D eigenvalue weighted by Crippen LogP contribution is -2.39. The van der Waals surface area contributed by atoms with Gasteiger partial charge in [-0.1, -0.05) is 49.6 Å². The fraction of sp³-hybridized carbons (Fsp3) is 0.562. The maximum absolute atomic E-state index is 12.6. The van der Waals surface area contributed by atoms with Crippen molar-refractivity contribution < 1.29 is 4.79 Å². The Hall–Kier alpha value is -1.35. The van der Waals surface area contributed by atoms with E-state index >= 15 is 0 Å². The van der Waals surface area contributed by atoms with E-state index in [9.17, 15) is 4.79 Å². The maximum atomic E-state index is 12.6. The highest BCUT2D eigenvalue weighted by molar-refractivity contribution is 5.84. The number of hydrogen-bond acceptors (Lipinski definition) is 2. The first kappa shape index (κ1) is 14.1. The first-order valence-electron chi connectivity index (χ1n) is 7.36. The monoisotopic (exact) mass is 260 g/mol. The van der Waals surface area contributed by atoms with Crippen molar-refractivity contribution in [3.8, 4) is 0 Å². The van der Waals surface area contributed by atoms with Gasteiger partial charge in [-0.05, 0) is 18.4 Å². The topological polar surface area (TPSA) is 46.3 Å². The van der Waals surface area contributed by atoms with Crippen molar-refractivity contribution in [2.45, 2.75) is 38.0 Å². The van der Waals surface area contributed by atoms with Gasteiger partial charge in [-0.25, -0.2) is 0 Å². The van der Waals surface area contributed by atoms with Gasteiger partial charge in [0.15, 0.2) is 0 Å². The summed E-state index contributed by atoms with van der Waals surface area (Å²) in [5, 5.41) is 0. The Balaban J connectivity index is 2.06. The van der Waals surface area contributed by atoms with Gasteiger partial charge in [0.05, 0.1) is 5.92 Å². The summed E-state index contributed by atoms with van der Waals surface area (Å²) in [5.41, 5.74) is 6.87. The summed E-state index contributed by atoms with van der Waals surface area (Å²) in [5.74, 6) is 0.0243. The highest BCUT2D eigenvalue weighted by atomic mass is 16.2. The summed E-state index contributed by atoms with van der Waals surface area (Å²) >= 11 is 0. The van der Waals surface area contributed by atoms with Gasteiger partial charge in [-0.3, -0.25) is 4.79 Å². The zero-order chi connectivity index (χ0) is 13.5. The van der Waals surface area contributed by atoms with Gasteiger partial charge in [0.1, 0.15) is 0 Å². The van der Waals surface area contributed by atoms with Crippen LogP contribution in [0.3, 0.4) is 0 Å². The highest BCUT2D eigenvalue weighted by Gasteiger charge is 2.24. The molecule has 1 atom stereocenters. The van der Waals surface area contributed by atoms with Gasteiger partial charge in [-0.2, -0.15) is 0 Å². The predicted molar refractivity (Wildman–Crippen MR) is 77.9 cm³/mol. The van der Waals surface area contributed by atoms with E-state index in [1.807, 2.05) is 35.2 Å². The van der Waals surface area contributed by atoms with Crippen molar-refractivity contribution in [3.63, 3.8) is 0 Å². The Morgan fingerprint density at radius 3 is 2.21 bits per heavy atom. The second kappa shape index (κ2) is 7.29. The summed E-state index contributed by atoms with van der Waals surface area (Å²) in [7, 11) is 0. The number of likely N-dealkylation sites (tertiary alicyclic amines) is 1. The third-order valence-electron chi connectivity index (χ3n) is 3.90. The van der Waals surface area contributed by atoms with Gasteiger partial charge in [0.2, 0.25) is 5.91 Å². The minimum atomic E-state index is -0.180. The molecular formula is C16H24N2O. The lowest BCUT2D eigenvalue weighted by Gasteiger charge is -2.28. The molecule has 1 heterocycles. The Kier molecular flexibility index (Phi) is 5.40. The zero-order valence-corrected chi connectivity index (χ0v) is 11.6. The number of carbonyl (C=O) groups is 1. The zero-order valence-electron chi connectivity index (χ0n) is 11.6. The molecule has 1 aliphatic rings. The normalized spacial score (nSPS) is 18.5. The van der Waals surface area contributed by atoms with E-state index in [-0.39, 0.29) is 11.8 Å². The third-order valence-corrected chi connectivity index (χ3v) is 3.90. The van der Waals surface area contributed by atoms with Crippen molar-refractivity contribution in [2.75, 3.05) is 19.6 Å². The van der Waals surface area contributed by atoms with E-state index in [1.165, 1.54) is 19.3 Å². The molecule has 104 valence electrons. The number of nitrogens with two attached hydrogens (primary N) is 1. The van der Waals surface area contributed by atoms with E-state index < -0.39 is 0 Å². The van der Waals surface area contributed by atoms with Crippen LogP contribution >= 0.6 is 0 Å². The minimum Gasteiger partial charge on any atom is -0.342 e. The van der Waals surface area contributed by atoms with Crippen LogP contribution in [0.1, 0.15) is 43.6 Å². The molecule has 19 heavy (non-hydrogen) atoms. The summed E-state index contributed by atoms with van der Waals surface area (Å²) in [6.07, 6.45) is 6.03. The molecule has 1 amide bonds. The molecule has 0 bridgehead atoms. The quantitative estimate of drug-likeness (QED) is 0.907. The molecule has 0 aliphatic carbocycles. The summed E-state index contributed by atoms with van der Waals surface area (Å²) < 4.78 is 0. The number of nitrogens with zero attached hydrogens (tertiary/aromatic N) is 1. The Bertz CT molecular complexity index is 383. The minimum absolute atomic E-state index is 0.180. The van der Waals surface area contributed by atoms with Crippen molar-refractivity contribution in [3.05, 3.63) is 35.9 Å². The smallest absolute Gasteiger partial charge is 0.231 e. The van der Waals surface area contributed by atoms with E-state index in [4.69, 9.17) is 5.73 Å². The molecule has 0 radical (unpaired) electrons. The van der Waals surface area contributed by atoms with Crippen LogP contribution in [0.5, 0.6) is 0 Å². The molecule has 1 aromatic carbocycles. The van der Waals surface area contributed by atoms with Gasteiger partial charge in [0, 0.05) is 19.6 Å². The van der Waals surface area contributed by atoms with Crippen LogP contribution in [0.4, 0.5) is 0 Å². The first-order valence-corrected chi connectivity index (χ1v) is 7.36. The average molecular weight is 260 g/mol. The lowest BCUT2D eigenvalue weighted by atomic mass is 9.97. The van der Waals surface area contributed by atoms with Gasteiger partial charge < -0.3 is 10.6 Å². The summed E-state index contributed by atoms with van der Waals surface area (Å²) in [4.78, 5) is 14.7. The fourth-order valence-corrected chi connectivity index (χ4v) is 2.75. The fourth-order valence-electron chi connectivity index (χ4n) is 2.75. The van der Waals surface area contributed by atoms with Crippen molar-refractivity contribution in [1.29, 1.82) is 0 Å². The first-order chi connectivity index (χ1) is 9.33. The Labute approximate surface area is 115 Å². The van der Waals surface area contributed by atoms with Crippen LogP contribution in [0, 0.1) is 0 Å². The van der Waals surface area contributed by atoms with Gasteiger partial charge in [-0.15, -0.1) is 0 Å². The van der Waals surface area contributed by atoms with Crippen molar-refractivity contribution >= 4 is 5.91 Å². The molecule has 3 heteroatoms. The maximum Gasteiger partial charge on any atom is 0.231 e. The lowest BCUT2D eigenvalue weighted by molar-refractivity contribution is -0.133. The van der Waals surface area contributed by atoms with Crippen molar-refractivity contribution in [2.24, 2.45) is 5.73 Å². The molecular weight excluding hydrogens is 236 g/mol. The van der Waals surface area contributed by atoms with Crippen LogP contribution in [0.2, 0.25) is 0 Å². The second-order valence-corrected chi connectivity index (χ2v) is 5.29. The summed E-state index contributed by atoms with van der Waals surface area (Å²) in [6, 6.07) is 9.91. The molecule has 1 aliphatic heterocycles. The number of benzene rings is 1. The number of hydrogen-bond donors (Lipinski definition) is 1. The molecule has 1 fully saturated rings. The molecule has 0 saturated carbocycles. The SMILES string of the molecule is NCC(C(=O)N1CCCCCCC1)c1ccccc1. The van der Waals surface area contributed by atoms with E-state index in [1.54, 1.807) is 0 Å². The summed E-state index contributed by atoms with van der Waals surface area (Å²) in [6.45, 7) is 2.17. The molecule has 3 nitrogen and oxygen atoms in total. The van der Waals surface area contributed by atoms with Crippen LogP contribution in [0.25, 0.3) is 0 Å². The number of rotatable bonds is 3. The second-order valence-electron chi connectivity index (χ2n) is 5.29. The number of carbonyl (C=O) groups excluding carboxylic acids is 1.